The van der Waals surface area contributed by atoms with Crippen LogP contribution in [0.2, 0.25) is 0 Å². The lowest BCUT2D eigenvalue weighted by Crippen LogP contribution is -2.06. The van der Waals surface area contributed by atoms with E-state index >= 15 is 0 Å². The first kappa shape index (κ1) is 13.8. The average molecular weight is 289 g/mol. The Morgan fingerprint density at radius 2 is 1.84 bits per heavy atom. The van der Waals surface area contributed by atoms with Gasteiger partial charge in [-0.15, -0.1) is 23.5 Å². The Labute approximate surface area is 119 Å². The van der Waals surface area contributed by atoms with Crippen molar-refractivity contribution in [1.29, 1.82) is 5.26 Å². The van der Waals surface area contributed by atoms with E-state index in [4.69, 9.17) is 9.68 Å². The van der Waals surface area contributed by atoms with Crippen molar-refractivity contribution in [2.24, 2.45) is 0 Å². The van der Waals surface area contributed by atoms with Crippen LogP contribution in [0.25, 0.3) is 11.3 Å². The molecule has 5 heteroatoms. The molecule has 3 nitrogen and oxygen atoms in total. The third-order valence-electron chi connectivity index (χ3n) is 2.62. The van der Waals surface area contributed by atoms with E-state index in [1.807, 2.05) is 42.8 Å². The molecule has 0 saturated heterocycles. The molecule has 2 aromatic rings. The van der Waals surface area contributed by atoms with Gasteiger partial charge in [-0.25, -0.2) is 4.79 Å². The lowest BCUT2D eigenvalue weighted by Gasteiger charge is -2.04. The fourth-order valence-electron chi connectivity index (χ4n) is 1.63. The summed E-state index contributed by atoms with van der Waals surface area (Å²) in [4.78, 5) is 13.5. The van der Waals surface area contributed by atoms with E-state index in [0.29, 0.717) is 10.7 Å². The summed E-state index contributed by atoms with van der Waals surface area (Å²) in [6, 6.07) is 11.4. The van der Waals surface area contributed by atoms with E-state index < -0.39 is 5.63 Å². The van der Waals surface area contributed by atoms with Gasteiger partial charge in [0.15, 0.2) is 5.56 Å². The summed E-state index contributed by atoms with van der Waals surface area (Å²) in [5.74, 6) is 0.487. The molecule has 96 valence electrons. The molecule has 2 rings (SSSR count). The van der Waals surface area contributed by atoms with E-state index in [0.717, 1.165) is 10.5 Å². The Bertz CT molecular complexity index is 684. The van der Waals surface area contributed by atoms with Crippen molar-refractivity contribution in [3.63, 3.8) is 0 Å². The fraction of sp³-hybridized carbons (Fsp3) is 0.143. The molecule has 0 spiro atoms. The SMILES string of the molecule is CSc1ccc(-c2cc(SC)c(C#N)c(=O)o2)cc1. The first-order valence-corrected chi connectivity index (χ1v) is 7.91. The van der Waals surface area contributed by atoms with Crippen LogP contribution in [0, 0.1) is 11.3 Å². The molecule has 1 heterocycles. The molecule has 0 aliphatic rings. The molecule has 0 amide bonds. The van der Waals surface area contributed by atoms with Gasteiger partial charge in [-0.05, 0) is 30.7 Å². The molecule has 0 aliphatic carbocycles. The van der Waals surface area contributed by atoms with Crippen molar-refractivity contribution in [2.75, 3.05) is 12.5 Å². The molecule has 19 heavy (non-hydrogen) atoms. The van der Waals surface area contributed by atoms with Crippen LogP contribution in [0.5, 0.6) is 0 Å². The van der Waals surface area contributed by atoms with Gasteiger partial charge in [-0.3, -0.25) is 0 Å². The van der Waals surface area contributed by atoms with Crippen LogP contribution in [0.4, 0.5) is 0 Å². The summed E-state index contributed by atoms with van der Waals surface area (Å²) >= 11 is 3.01. The molecule has 1 aromatic heterocycles. The number of nitrogens with zero attached hydrogens (tertiary/aromatic N) is 1. The average Bonchev–Trinajstić information content (AvgIpc) is 2.46. The van der Waals surface area contributed by atoms with Crippen LogP contribution in [0.15, 0.2) is 49.3 Å². The van der Waals surface area contributed by atoms with Crippen LogP contribution in [0.3, 0.4) is 0 Å². The van der Waals surface area contributed by atoms with Crippen LogP contribution in [0.1, 0.15) is 5.56 Å². The van der Waals surface area contributed by atoms with Gasteiger partial charge < -0.3 is 4.42 Å². The predicted octanol–water partition coefficient (Wildman–Crippen LogP) is 3.62. The zero-order chi connectivity index (χ0) is 13.8. The number of benzene rings is 1. The number of hydrogen-bond acceptors (Lipinski definition) is 5. The molecule has 0 aliphatic heterocycles. The van der Waals surface area contributed by atoms with Crippen LogP contribution >= 0.6 is 23.5 Å². The quantitative estimate of drug-likeness (QED) is 0.808. The third kappa shape index (κ3) is 2.86. The largest absolute Gasteiger partial charge is 0.422 e. The minimum absolute atomic E-state index is 0.0667. The van der Waals surface area contributed by atoms with Crippen LogP contribution in [-0.2, 0) is 0 Å². The van der Waals surface area contributed by atoms with Crippen molar-refractivity contribution in [3.8, 4) is 17.4 Å². The lowest BCUT2D eigenvalue weighted by molar-refractivity contribution is 0.518. The molecule has 0 saturated carbocycles. The first-order valence-electron chi connectivity index (χ1n) is 5.46. The molecular formula is C14H11NO2S2. The highest BCUT2D eigenvalue weighted by Crippen LogP contribution is 2.26. The first-order chi connectivity index (χ1) is 9.19. The van der Waals surface area contributed by atoms with E-state index in [2.05, 4.69) is 0 Å². The van der Waals surface area contributed by atoms with Gasteiger partial charge in [0.1, 0.15) is 11.8 Å². The fourth-order valence-corrected chi connectivity index (χ4v) is 2.60. The maximum Gasteiger partial charge on any atom is 0.355 e. The van der Waals surface area contributed by atoms with Gasteiger partial charge >= 0.3 is 5.63 Å². The topological polar surface area (TPSA) is 54.0 Å². The Balaban J connectivity index is 2.54. The number of thioether (sulfide) groups is 2. The molecule has 0 unspecified atom stereocenters. The van der Waals surface area contributed by atoms with Gasteiger partial charge in [0, 0.05) is 15.4 Å². The van der Waals surface area contributed by atoms with Crippen molar-refractivity contribution in [3.05, 3.63) is 46.3 Å². The highest BCUT2D eigenvalue weighted by molar-refractivity contribution is 7.98. The Hall–Kier alpha value is -1.64. The summed E-state index contributed by atoms with van der Waals surface area (Å²) in [6.07, 6.45) is 3.83. The standard InChI is InChI=1S/C14H11NO2S2/c1-18-10-5-3-9(4-6-10)12-7-13(19-2)11(8-15)14(16)17-12/h3-7H,1-2H3. The van der Waals surface area contributed by atoms with Crippen LogP contribution in [-0.4, -0.2) is 12.5 Å². The van der Waals surface area contributed by atoms with Crippen molar-refractivity contribution in [2.45, 2.75) is 9.79 Å². The normalized spacial score (nSPS) is 10.2. The third-order valence-corrected chi connectivity index (χ3v) is 4.13. The van der Waals surface area contributed by atoms with E-state index in [9.17, 15) is 4.79 Å². The number of hydrogen-bond donors (Lipinski definition) is 0. The van der Waals surface area contributed by atoms with Crippen molar-refractivity contribution >= 4 is 23.5 Å². The summed E-state index contributed by atoms with van der Waals surface area (Å²) in [7, 11) is 0. The van der Waals surface area contributed by atoms with E-state index in [-0.39, 0.29) is 5.56 Å². The van der Waals surface area contributed by atoms with E-state index in [1.54, 1.807) is 17.8 Å². The summed E-state index contributed by atoms with van der Waals surface area (Å²) in [5.41, 5.74) is 0.310. The second-order valence-corrected chi connectivity index (χ2v) is 5.41. The predicted molar refractivity (Wildman–Crippen MR) is 78.7 cm³/mol. The van der Waals surface area contributed by atoms with E-state index in [1.165, 1.54) is 11.8 Å². The minimum Gasteiger partial charge on any atom is -0.422 e. The monoisotopic (exact) mass is 289 g/mol. The van der Waals surface area contributed by atoms with Gasteiger partial charge in [0.2, 0.25) is 0 Å². The smallest absolute Gasteiger partial charge is 0.355 e. The molecular weight excluding hydrogens is 278 g/mol. The maximum atomic E-state index is 11.7. The Morgan fingerprint density at radius 3 is 2.37 bits per heavy atom. The highest BCUT2D eigenvalue weighted by atomic mass is 32.2. The van der Waals surface area contributed by atoms with Crippen molar-refractivity contribution < 1.29 is 4.42 Å². The summed E-state index contributed by atoms with van der Waals surface area (Å²) in [5, 5.41) is 8.93. The zero-order valence-electron chi connectivity index (χ0n) is 10.5. The van der Waals surface area contributed by atoms with Gasteiger partial charge in [0.05, 0.1) is 0 Å². The number of nitriles is 1. The maximum absolute atomic E-state index is 11.7. The van der Waals surface area contributed by atoms with Gasteiger partial charge in [0.25, 0.3) is 0 Å². The Kier molecular flexibility index (Phi) is 4.35. The minimum atomic E-state index is -0.585. The summed E-state index contributed by atoms with van der Waals surface area (Å²) < 4.78 is 5.20. The second-order valence-electron chi connectivity index (χ2n) is 3.68. The summed E-state index contributed by atoms with van der Waals surface area (Å²) in [6.45, 7) is 0. The second kappa shape index (κ2) is 6.00. The van der Waals surface area contributed by atoms with Crippen LogP contribution < -0.4 is 5.63 Å². The number of rotatable bonds is 3. The highest BCUT2D eigenvalue weighted by Gasteiger charge is 2.11. The van der Waals surface area contributed by atoms with Crippen molar-refractivity contribution in [1.82, 2.24) is 0 Å². The molecule has 0 fully saturated rings. The Morgan fingerprint density at radius 1 is 1.16 bits per heavy atom. The van der Waals surface area contributed by atoms with Gasteiger partial charge in [-0.2, -0.15) is 5.26 Å². The van der Waals surface area contributed by atoms with Gasteiger partial charge in [-0.1, -0.05) is 12.1 Å². The lowest BCUT2D eigenvalue weighted by atomic mass is 10.1. The molecule has 1 aromatic carbocycles. The molecule has 0 bridgehead atoms. The molecule has 0 radical (unpaired) electrons. The molecule has 0 atom stereocenters. The zero-order valence-corrected chi connectivity index (χ0v) is 12.1. The molecule has 0 N–H and O–H groups in total.